The fourth-order valence-electron chi connectivity index (χ4n) is 2.48. The first-order valence-corrected chi connectivity index (χ1v) is 7.12. The van der Waals surface area contributed by atoms with Crippen molar-refractivity contribution in [1.29, 1.82) is 0 Å². The van der Waals surface area contributed by atoms with E-state index < -0.39 is 11.7 Å². The normalized spacial score (nSPS) is 19.1. The molecular formula is C15H16F3N3O. The van der Waals surface area contributed by atoms with Gasteiger partial charge in [-0.05, 0) is 43.7 Å². The predicted molar refractivity (Wildman–Crippen MR) is 74.9 cm³/mol. The van der Waals surface area contributed by atoms with Crippen LogP contribution in [0.4, 0.5) is 13.2 Å². The average Bonchev–Trinajstić information content (AvgIpc) is 2.96. The summed E-state index contributed by atoms with van der Waals surface area (Å²) in [5.41, 5.74) is -0.691. The van der Waals surface area contributed by atoms with E-state index >= 15 is 0 Å². The van der Waals surface area contributed by atoms with Crippen LogP contribution in [0.5, 0.6) is 11.5 Å². The van der Waals surface area contributed by atoms with Gasteiger partial charge < -0.3 is 10.1 Å². The molecule has 7 heteroatoms. The molecule has 1 saturated heterocycles. The third-order valence-electron chi connectivity index (χ3n) is 3.64. The number of ether oxygens (including phenoxy) is 1. The lowest BCUT2D eigenvalue weighted by molar-refractivity contribution is -0.137. The summed E-state index contributed by atoms with van der Waals surface area (Å²) in [6, 6.07) is 4.92. The van der Waals surface area contributed by atoms with Gasteiger partial charge in [-0.2, -0.15) is 18.3 Å². The Bertz CT molecular complexity index is 616. The van der Waals surface area contributed by atoms with Crippen LogP contribution in [0.2, 0.25) is 0 Å². The van der Waals surface area contributed by atoms with Crippen molar-refractivity contribution in [3.05, 3.63) is 42.2 Å². The summed E-state index contributed by atoms with van der Waals surface area (Å²) in [6.07, 6.45) is 1.16. The van der Waals surface area contributed by atoms with Crippen molar-refractivity contribution < 1.29 is 17.9 Å². The van der Waals surface area contributed by atoms with E-state index in [9.17, 15) is 13.2 Å². The number of rotatable bonds is 3. The van der Waals surface area contributed by atoms with Gasteiger partial charge in [-0.1, -0.05) is 0 Å². The molecule has 118 valence electrons. The summed E-state index contributed by atoms with van der Waals surface area (Å²) in [5.74, 6) is 0.875. The van der Waals surface area contributed by atoms with Crippen molar-refractivity contribution in [3.63, 3.8) is 0 Å². The summed E-state index contributed by atoms with van der Waals surface area (Å²) < 4.78 is 44.9. The van der Waals surface area contributed by atoms with Crippen molar-refractivity contribution in [1.82, 2.24) is 15.1 Å². The highest BCUT2D eigenvalue weighted by Gasteiger charge is 2.30. The number of nitrogens with one attached hydrogen (secondary N) is 1. The topological polar surface area (TPSA) is 39.1 Å². The number of nitrogens with zero attached hydrogens (tertiary/aromatic N) is 2. The van der Waals surface area contributed by atoms with Crippen LogP contribution in [0.15, 0.2) is 36.7 Å². The Balaban J connectivity index is 1.67. The fraction of sp³-hybridized carbons (Fsp3) is 0.400. The summed E-state index contributed by atoms with van der Waals surface area (Å²) >= 11 is 0. The zero-order valence-corrected chi connectivity index (χ0v) is 11.8. The molecule has 1 aliphatic rings. The van der Waals surface area contributed by atoms with E-state index in [2.05, 4.69) is 10.4 Å². The minimum absolute atomic E-state index is 0.290. The van der Waals surface area contributed by atoms with E-state index in [-0.39, 0.29) is 0 Å². The smallest absolute Gasteiger partial charge is 0.416 e. The van der Waals surface area contributed by atoms with Crippen LogP contribution in [-0.2, 0) is 6.18 Å². The molecule has 2 aromatic rings. The fourth-order valence-corrected chi connectivity index (χ4v) is 2.48. The van der Waals surface area contributed by atoms with Gasteiger partial charge >= 0.3 is 6.18 Å². The lowest BCUT2D eigenvalue weighted by Gasteiger charge is -2.22. The SMILES string of the molecule is FC(F)(F)c1ccc(Oc2cnn(C3CCCNC3)c2)cc1. The van der Waals surface area contributed by atoms with E-state index in [4.69, 9.17) is 4.74 Å². The molecule has 1 aliphatic heterocycles. The Morgan fingerprint density at radius 3 is 2.59 bits per heavy atom. The number of hydrogen-bond acceptors (Lipinski definition) is 3. The van der Waals surface area contributed by atoms with Crippen LogP contribution >= 0.6 is 0 Å². The molecule has 0 bridgehead atoms. The van der Waals surface area contributed by atoms with E-state index in [0.29, 0.717) is 17.5 Å². The monoisotopic (exact) mass is 311 g/mol. The van der Waals surface area contributed by atoms with Crippen LogP contribution < -0.4 is 10.1 Å². The largest absolute Gasteiger partial charge is 0.454 e. The van der Waals surface area contributed by atoms with Gasteiger partial charge in [-0.15, -0.1) is 0 Å². The van der Waals surface area contributed by atoms with Crippen molar-refractivity contribution in [2.24, 2.45) is 0 Å². The maximum Gasteiger partial charge on any atom is 0.416 e. The summed E-state index contributed by atoms with van der Waals surface area (Å²) in [5, 5.41) is 7.57. The molecule has 0 radical (unpaired) electrons. The first-order valence-electron chi connectivity index (χ1n) is 7.12. The van der Waals surface area contributed by atoms with Crippen molar-refractivity contribution in [2.75, 3.05) is 13.1 Å². The van der Waals surface area contributed by atoms with E-state index in [0.717, 1.165) is 38.1 Å². The lowest BCUT2D eigenvalue weighted by atomic mass is 10.1. The van der Waals surface area contributed by atoms with Gasteiger partial charge in [0.2, 0.25) is 0 Å². The maximum atomic E-state index is 12.5. The molecule has 3 rings (SSSR count). The molecule has 1 aromatic carbocycles. The highest BCUT2D eigenvalue weighted by Crippen LogP contribution is 2.31. The third-order valence-corrected chi connectivity index (χ3v) is 3.64. The second-order valence-corrected chi connectivity index (χ2v) is 5.28. The van der Waals surface area contributed by atoms with Crippen molar-refractivity contribution >= 4 is 0 Å². The minimum Gasteiger partial charge on any atom is -0.454 e. The number of hydrogen-bond donors (Lipinski definition) is 1. The molecule has 2 heterocycles. The van der Waals surface area contributed by atoms with E-state index in [1.165, 1.54) is 12.1 Å². The van der Waals surface area contributed by atoms with Gasteiger partial charge in [0.1, 0.15) is 5.75 Å². The Morgan fingerprint density at radius 2 is 1.95 bits per heavy atom. The van der Waals surface area contributed by atoms with Gasteiger partial charge in [0.25, 0.3) is 0 Å². The van der Waals surface area contributed by atoms with Gasteiger partial charge in [0.15, 0.2) is 5.75 Å². The van der Waals surface area contributed by atoms with Crippen molar-refractivity contribution in [3.8, 4) is 11.5 Å². The molecule has 0 spiro atoms. The molecule has 22 heavy (non-hydrogen) atoms. The maximum absolute atomic E-state index is 12.5. The Labute approximate surface area is 125 Å². The lowest BCUT2D eigenvalue weighted by Crippen LogP contribution is -2.31. The molecule has 0 amide bonds. The molecule has 1 aromatic heterocycles. The minimum atomic E-state index is -4.34. The number of halogens is 3. The quantitative estimate of drug-likeness (QED) is 0.941. The zero-order chi connectivity index (χ0) is 15.6. The molecule has 1 unspecified atom stereocenters. The average molecular weight is 311 g/mol. The highest BCUT2D eigenvalue weighted by molar-refractivity contribution is 5.32. The van der Waals surface area contributed by atoms with E-state index in [1.807, 2.05) is 4.68 Å². The molecule has 1 N–H and O–H groups in total. The second-order valence-electron chi connectivity index (χ2n) is 5.28. The van der Waals surface area contributed by atoms with Crippen LogP contribution in [0.25, 0.3) is 0 Å². The molecule has 1 atom stereocenters. The predicted octanol–water partition coefficient (Wildman–Crippen LogP) is 3.62. The number of aromatic nitrogens is 2. The second kappa shape index (κ2) is 6.00. The molecule has 1 fully saturated rings. The Morgan fingerprint density at radius 1 is 1.18 bits per heavy atom. The zero-order valence-electron chi connectivity index (χ0n) is 11.8. The van der Waals surface area contributed by atoms with E-state index in [1.54, 1.807) is 12.4 Å². The standard InChI is InChI=1S/C15H16F3N3O/c16-15(17,18)11-3-5-13(6-4-11)22-14-9-20-21(10-14)12-2-1-7-19-8-12/h3-6,9-10,12,19H,1-2,7-8H2. The third kappa shape index (κ3) is 3.41. The van der Waals surface area contributed by atoms with Gasteiger partial charge in [-0.25, -0.2) is 0 Å². The molecule has 0 saturated carbocycles. The highest BCUT2D eigenvalue weighted by atomic mass is 19.4. The molecule has 0 aliphatic carbocycles. The molecular weight excluding hydrogens is 295 g/mol. The Kier molecular flexibility index (Phi) is 4.06. The summed E-state index contributed by atoms with van der Waals surface area (Å²) in [6.45, 7) is 1.88. The summed E-state index contributed by atoms with van der Waals surface area (Å²) in [7, 11) is 0. The van der Waals surface area contributed by atoms with Crippen LogP contribution in [0.3, 0.4) is 0 Å². The van der Waals surface area contributed by atoms with Gasteiger partial charge in [0, 0.05) is 6.54 Å². The van der Waals surface area contributed by atoms with Crippen LogP contribution in [0.1, 0.15) is 24.4 Å². The number of benzene rings is 1. The number of alkyl halides is 3. The Hall–Kier alpha value is -2.02. The van der Waals surface area contributed by atoms with Crippen LogP contribution in [-0.4, -0.2) is 22.9 Å². The van der Waals surface area contributed by atoms with Gasteiger partial charge in [0.05, 0.1) is 24.0 Å². The first kappa shape index (κ1) is 14.9. The first-order chi connectivity index (χ1) is 10.5. The summed E-state index contributed by atoms with van der Waals surface area (Å²) in [4.78, 5) is 0. The molecule has 4 nitrogen and oxygen atoms in total. The van der Waals surface area contributed by atoms with Gasteiger partial charge in [-0.3, -0.25) is 4.68 Å². The number of piperidine rings is 1. The van der Waals surface area contributed by atoms with Crippen molar-refractivity contribution in [2.45, 2.75) is 25.1 Å². The van der Waals surface area contributed by atoms with Crippen LogP contribution in [0, 0.1) is 0 Å².